The lowest BCUT2D eigenvalue weighted by atomic mass is 9.82. The first-order valence-electron chi connectivity index (χ1n) is 7.31. The van der Waals surface area contributed by atoms with Gasteiger partial charge in [0.15, 0.2) is 0 Å². The third-order valence-corrected chi connectivity index (χ3v) is 4.50. The van der Waals surface area contributed by atoms with Crippen molar-refractivity contribution in [1.29, 1.82) is 0 Å². The molecule has 3 heteroatoms. The number of fused-ring (bicyclic) bond motifs is 1. The Morgan fingerprint density at radius 1 is 1.26 bits per heavy atom. The van der Waals surface area contributed by atoms with E-state index < -0.39 is 0 Å². The summed E-state index contributed by atoms with van der Waals surface area (Å²) >= 11 is 0. The summed E-state index contributed by atoms with van der Waals surface area (Å²) in [4.78, 5) is 12.4. The molecule has 1 amide bonds. The normalized spacial score (nSPS) is 25.9. The maximum absolute atomic E-state index is 12.4. The number of aryl methyl sites for hydroxylation is 2. The van der Waals surface area contributed by atoms with E-state index in [1.54, 1.807) is 0 Å². The molecular weight excluding hydrogens is 236 g/mol. The fraction of sp³-hybridized carbons (Fsp3) is 0.562. The van der Waals surface area contributed by atoms with Crippen molar-refractivity contribution in [3.63, 3.8) is 0 Å². The largest absolute Gasteiger partial charge is 0.326 e. The number of hydrogen-bond donors (Lipinski definition) is 2. The second kappa shape index (κ2) is 4.97. The summed E-state index contributed by atoms with van der Waals surface area (Å²) in [5, 5.41) is 6.43. The van der Waals surface area contributed by atoms with Crippen molar-refractivity contribution in [1.82, 2.24) is 5.32 Å². The van der Waals surface area contributed by atoms with Gasteiger partial charge < -0.3 is 10.6 Å². The summed E-state index contributed by atoms with van der Waals surface area (Å²) in [6.07, 6.45) is 5.63. The minimum absolute atomic E-state index is 0.151. The van der Waals surface area contributed by atoms with E-state index in [4.69, 9.17) is 0 Å². The Labute approximate surface area is 114 Å². The van der Waals surface area contributed by atoms with Crippen LogP contribution in [0.5, 0.6) is 0 Å². The molecule has 0 aromatic heterocycles. The van der Waals surface area contributed by atoms with Gasteiger partial charge in [0.2, 0.25) is 5.91 Å². The summed E-state index contributed by atoms with van der Waals surface area (Å²) in [6.45, 7) is 3.87. The molecule has 3 rings (SSSR count). The average molecular weight is 258 g/mol. The van der Waals surface area contributed by atoms with Crippen molar-refractivity contribution in [2.24, 2.45) is 5.41 Å². The highest BCUT2D eigenvalue weighted by Gasteiger charge is 2.34. The molecule has 102 valence electrons. The molecule has 0 saturated carbocycles. The summed E-state index contributed by atoms with van der Waals surface area (Å²) < 4.78 is 0. The number of anilines is 1. The van der Waals surface area contributed by atoms with E-state index in [0.29, 0.717) is 0 Å². The fourth-order valence-electron chi connectivity index (χ4n) is 3.18. The van der Waals surface area contributed by atoms with Gasteiger partial charge in [-0.15, -0.1) is 0 Å². The van der Waals surface area contributed by atoms with Gasteiger partial charge >= 0.3 is 0 Å². The molecule has 0 spiro atoms. The molecule has 1 saturated heterocycles. The molecule has 1 unspecified atom stereocenters. The van der Waals surface area contributed by atoms with Gasteiger partial charge in [0.1, 0.15) is 0 Å². The summed E-state index contributed by atoms with van der Waals surface area (Å²) in [5.41, 5.74) is 3.54. The molecule has 3 nitrogen and oxygen atoms in total. The first kappa shape index (κ1) is 12.7. The number of piperidine rings is 1. The topological polar surface area (TPSA) is 41.1 Å². The van der Waals surface area contributed by atoms with E-state index in [0.717, 1.165) is 38.0 Å². The van der Waals surface area contributed by atoms with Crippen LogP contribution in [0.25, 0.3) is 0 Å². The lowest BCUT2D eigenvalue weighted by Crippen LogP contribution is -2.46. The van der Waals surface area contributed by atoms with Crippen molar-refractivity contribution >= 4 is 11.6 Å². The summed E-state index contributed by atoms with van der Waals surface area (Å²) in [7, 11) is 0. The molecule has 0 bridgehead atoms. The number of rotatable bonds is 2. The molecule has 1 aliphatic carbocycles. The lowest BCUT2D eigenvalue weighted by Gasteiger charge is -2.32. The zero-order chi connectivity index (χ0) is 13.3. The fourth-order valence-corrected chi connectivity index (χ4v) is 3.18. The van der Waals surface area contributed by atoms with Crippen molar-refractivity contribution < 1.29 is 4.79 Å². The highest BCUT2D eigenvalue weighted by molar-refractivity contribution is 5.95. The SMILES string of the molecule is CC1(C(=O)Nc2ccc3c(c2)CCC3)CCCNC1. The maximum atomic E-state index is 12.4. The monoisotopic (exact) mass is 258 g/mol. The van der Waals surface area contributed by atoms with Crippen LogP contribution < -0.4 is 10.6 Å². The number of amides is 1. The molecule has 1 fully saturated rings. The summed E-state index contributed by atoms with van der Waals surface area (Å²) in [5.74, 6) is 0.151. The van der Waals surface area contributed by atoms with Gasteiger partial charge in [-0.1, -0.05) is 6.07 Å². The van der Waals surface area contributed by atoms with Gasteiger partial charge in [0, 0.05) is 12.2 Å². The Hall–Kier alpha value is -1.35. The Morgan fingerprint density at radius 2 is 2.11 bits per heavy atom. The standard InChI is InChI=1S/C16H22N2O/c1-16(8-3-9-17-11-16)15(19)18-14-7-6-12-4-2-5-13(12)10-14/h6-7,10,17H,2-5,8-9,11H2,1H3,(H,18,19). The van der Waals surface area contributed by atoms with Crippen molar-refractivity contribution in [2.75, 3.05) is 18.4 Å². The van der Waals surface area contributed by atoms with Gasteiger partial charge in [-0.2, -0.15) is 0 Å². The quantitative estimate of drug-likeness (QED) is 0.855. The minimum Gasteiger partial charge on any atom is -0.326 e. The van der Waals surface area contributed by atoms with E-state index >= 15 is 0 Å². The zero-order valence-corrected chi connectivity index (χ0v) is 11.6. The van der Waals surface area contributed by atoms with Gasteiger partial charge in [-0.05, 0) is 68.8 Å². The van der Waals surface area contributed by atoms with E-state index in [2.05, 4.69) is 29.7 Å². The molecule has 0 radical (unpaired) electrons. The molecule has 1 atom stereocenters. The van der Waals surface area contributed by atoms with Crippen LogP contribution in [-0.2, 0) is 17.6 Å². The number of carbonyl (C=O) groups is 1. The Bertz CT molecular complexity index is 490. The van der Waals surface area contributed by atoms with Gasteiger partial charge in [-0.3, -0.25) is 4.79 Å². The van der Waals surface area contributed by atoms with Crippen LogP contribution in [0.2, 0.25) is 0 Å². The van der Waals surface area contributed by atoms with Crippen molar-refractivity contribution in [3.8, 4) is 0 Å². The first-order chi connectivity index (χ1) is 9.17. The average Bonchev–Trinajstić information content (AvgIpc) is 2.87. The number of hydrogen-bond acceptors (Lipinski definition) is 2. The van der Waals surface area contributed by atoms with E-state index in [1.165, 1.54) is 24.0 Å². The maximum Gasteiger partial charge on any atom is 0.231 e. The van der Waals surface area contributed by atoms with E-state index in [1.807, 2.05) is 6.07 Å². The molecule has 1 aromatic rings. The highest BCUT2D eigenvalue weighted by atomic mass is 16.2. The first-order valence-corrected chi connectivity index (χ1v) is 7.31. The van der Waals surface area contributed by atoms with Crippen LogP contribution in [0.15, 0.2) is 18.2 Å². The van der Waals surface area contributed by atoms with Crippen LogP contribution in [0.4, 0.5) is 5.69 Å². The molecule has 1 aliphatic heterocycles. The van der Waals surface area contributed by atoms with Crippen LogP contribution in [0.1, 0.15) is 37.3 Å². The second-order valence-electron chi connectivity index (χ2n) is 6.13. The zero-order valence-electron chi connectivity index (χ0n) is 11.6. The van der Waals surface area contributed by atoms with Crippen LogP contribution >= 0.6 is 0 Å². The van der Waals surface area contributed by atoms with Gasteiger partial charge in [-0.25, -0.2) is 0 Å². The molecular formula is C16H22N2O. The second-order valence-corrected chi connectivity index (χ2v) is 6.13. The molecule has 19 heavy (non-hydrogen) atoms. The van der Waals surface area contributed by atoms with E-state index in [9.17, 15) is 4.79 Å². The molecule has 2 N–H and O–H groups in total. The predicted octanol–water partition coefficient (Wildman–Crippen LogP) is 2.50. The third kappa shape index (κ3) is 2.52. The van der Waals surface area contributed by atoms with Crippen molar-refractivity contribution in [3.05, 3.63) is 29.3 Å². The van der Waals surface area contributed by atoms with Crippen LogP contribution in [-0.4, -0.2) is 19.0 Å². The van der Waals surface area contributed by atoms with Gasteiger partial charge in [0.25, 0.3) is 0 Å². The van der Waals surface area contributed by atoms with Gasteiger partial charge in [0.05, 0.1) is 5.41 Å². The minimum atomic E-state index is -0.267. The lowest BCUT2D eigenvalue weighted by molar-refractivity contribution is -0.125. The molecule has 1 heterocycles. The Morgan fingerprint density at radius 3 is 2.89 bits per heavy atom. The van der Waals surface area contributed by atoms with Crippen LogP contribution in [0.3, 0.4) is 0 Å². The smallest absolute Gasteiger partial charge is 0.231 e. The number of nitrogens with one attached hydrogen (secondary N) is 2. The Kier molecular flexibility index (Phi) is 3.31. The highest BCUT2D eigenvalue weighted by Crippen LogP contribution is 2.29. The summed E-state index contributed by atoms with van der Waals surface area (Å²) in [6, 6.07) is 6.36. The van der Waals surface area contributed by atoms with E-state index in [-0.39, 0.29) is 11.3 Å². The predicted molar refractivity (Wildman–Crippen MR) is 77.3 cm³/mol. The van der Waals surface area contributed by atoms with Crippen LogP contribution in [0, 0.1) is 5.41 Å². The molecule has 2 aliphatic rings. The number of benzene rings is 1. The third-order valence-electron chi connectivity index (χ3n) is 4.50. The number of carbonyl (C=O) groups excluding carboxylic acids is 1. The van der Waals surface area contributed by atoms with Crippen molar-refractivity contribution in [2.45, 2.75) is 39.0 Å². The molecule has 1 aromatic carbocycles. The Balaban J connectivity index is 1.72.